The maximum Gasteiger partial charge on any atom is 0.239 e. The summed E-state index contributed by atoms with van der Waals surface area (Å²) in [4.78, 5) is 24.7. The van der Waals surface area contributed by atoms with Crippen LogP contribution in [0.25, 0.3) is 0 Å². The minimum Gasteiger partial charge on any atom is -0.374 e. The smallest absolute Gasteiger partial charge is 0.239 e. The molecule has 1 aromatic carbocycles. The molecule has 1 aromatic rings. The zero-order valence-corrected chi connectivity index (χ0v) is 13.6. The summed E-state index contributed by atoms with van der Waals surface area (Å²) in [5, 5.41) is 2.82. The number of nitrogens with zero attached hydrogens (tertiary/aromatic N) is 1. The Morgan fingerprint density at radius 3 is 2.86 bits per heavy atom. The van der Waals surface area contributed by atoms with E-state index in [1.54, 1.807) is 16.7 Å². The standard InChI is InChI=1S/C16H22N2O3S/c1-13(14-6-3-2-4-7-14)21-9-5-8-17-15(19)10-18-12-22-11-16(18)20/h2-4,6-7,13H,5,8-12H2,1H3,(H,17,19). The molecule has 1 unspecified atom stereocenters. The number of hydrogen-bond donors (Lipinski definition) is 1. The van der Waals surface area contributed by atoms with Crippen molar-refractivity contribution in [2.45, 2.75) is 19.4 Å². The van der Waals surface area contributed by atoms with E-state index in [1.165, 1.54) is 0 Å². The molecular formula is C16H22N2O3S. The first kappa shape index (κ1) is 16.8. The zero-order valence-electron chi connectivity index (χ0n) is 12.8. The van der Waals surface area contributed by atoms with E-state index in [0.29, 0.717) is 24.8 Å². The van der Waals surface area contributed by atoms with E-state index in [-0.39, 0.29) is 24.5 Å². The molecule has 0 aromatic heterocycles. The van der Waals surface area contributed by atoms with Crippen molar-refractivity contribution < 1.29 is 14.3 Å². The fourth-order valence-corrected chi connectivity index (χ4v) is 3.05. The Hall–Kier alpha value is -1.53. The Morgan fingerprint density at radius 2 is 2.18 bits per heavy atom. The Bertz CT molecular complexity index is 495. The number of thioether (sulfide) groups is 1. The number of rotatable bonds is 8. The van der Waals surface area contributed by atoms with Crippen LogP contribution >= 0.6 is 11.8 Å². The first-order chi connectivity index (χ1) is 10.7. The van der Waals surface area contributed by atoms with Gasteiger partial charge in [0.25, 0.3) is 0 Å². The third-order valence-electron chi connectivity index (χ3n) is 3.44. The lowest BCUT2D eigenvalue weighted by atomic mass is 10.1. The Labute approximate surface area is 135 Å². The highest BCUT2D eigenvalue weighted by Gasteiger charge is 2.22. The van der Waals surface area contributed by atoms with Crippen LogP contribution in [-0.4, -0.2) is 48.0 Å². The Balaban J connectivity index is 1.55. The number of hydrogen-bond acceptors (Lipinski definition) is 4. The molecule has 1 aliphatic heterocycles. The van der Waals surface area contributed by atoms with E-state index in [1.807, 2.05) is 37.3 Å². The van der Waals surface area contributed by atoms with Crippen LogP contribution in [0.3, 0.4) is 0 Å². The molecule has 2 rings (SSSR count). The summed E-state index contributed by atoms with van der Waals surface area (Å²) in [6, 6.07) is 10.0. The van der Waals surface area contributed by atoms with E-state index in [4.69, 9.17) is 4.74 Å². The molecule has 2 amide bonds. The van der Waals surface area contributed by atoms with Crippen LogP contribution in [0.2, 0.25) is 0 Å². The predicted octanol–water partition coefficient (Wildman–Crippen LogP) is 1.80. The van der Waals surface area contributed by atoms with Crippen LogP contribution in [-0.2, 0) is 14.3 Å². The van der Waals surface area contributed by atoms with Gasteiger partial charge >= 0.3 is 0 Å². The molecule has 5 nitrogen and oxygen atoms in total. The molecule has 0 radical (unpaired) electrons. The highest BCUT2D eigenvalue weighted by atomic mass is 32.2. The molecule has 120 valence electrons. The van der Waals surface area contributed by atoms with Crippen molar-refractivity contribution in [2.24, 2.45) is 0 Å². The van der Waals surface area contributed by atoms with E-state index in [0.717, 1.165) is 12.0 Å². The first-order valence-electron chi connectivity index (χ1n) is 7.45. The fourth-order valence-electron chi connectivity index (χ4n) is 2.15. The molecule has 1 atom stereocenters. The molecule has 1 heterocycles. The number of ether oxygens (including phenoxy) is 1. The number of amides is 2. The van der Waals surface area contributed by atoms with Gasteiger partial charge in [-0.2, -0.15) is 0 Å². The molecule has 22 heavy (non-hydrogen) atoms. The van der Waals surface area contributed by atoms with Gasteiger partial charge in [0.05, 0.1) is 17.7 Å². The Morgan fingerprint density at radius 1 is 1.41 bits per heavy atom. The van der Waals surface area contributed by atoms with E-state index in [2.05, 4.69) is 5.32 Å². The fraction of sp³-hybridized carbons (Fsp3) is 0.500. The zero-order chi connectivity index (χ0) is 15.8. The van der Waals surface area contributed by atoms with E-state index in [9.17, 15) is 9.59 Å². The highest BCUT2D eigenvalue weighted by molar-refractivity contribution is 8.00. The molecule has 1 fully saturated rings. The number of nitrogens with one attached hydrogen (secondary N) is 1. The van der Waals surface area contributed by atoms with E-state index < -0.39 is 0 Å². The van der Waals surface area contributed by atoms with Gasteiger partial charge in [0.15, 0.2) is 0 Å². The van der Waals surface area contributed by atoms with Gasteiger partial charge in [-0.15, -0.1) is 11.8 Å². The minimum absolute atomic E-state index is 0.0418. The molecule has 0 bridgehead atoms. The van der Waals surface area contributed by atoms with Crippen molar-refractivity contribution in [3.8, 4) is 0 Å². The quantitative estimate of drug-likeness (QED) is 0.742. The second-order valence-electron chi connectivity index (χ2n) is 5.20. The van der Waals surface area contributed by atoms with Crippen LogP contribution in [0.4, 0.5) is 0 Å². The van der Waals surface area contributed by atoms with Gasteiger partial charge in [-0.1, -0.05) is 30.3 Å². The molecule has 6 heteroatoms. The lowest BCUT2D eigenvalue weighted by molar-refractivity contribution is -0.132. The minimum atomic E-state index is -0.105. The summed E-state index contributed by atoms with van der Waals surface area (Å²) in [6.07, 6.45) is 0.808. The van der Waals surface area contributed by atoms with Crippen LogP contribution in [0, 0.1) is 0 Å². The molecule has 1 N–H and O–H groups in total. The maximum atomic E-state index is 11.7. The molecule has 0 aliphatic carbocycles. The summed E-state index contributed by atoms with van der Waals surface area (Å²) in [5.41, 5.74) is 1.15. The van der Waals surface area contributed by atoms with Crippen molar-refractivity contribution >= 4 is 23.6 Å². The molecule has 1 saturated heterocycles. The highest BCUT2D eigenvalue weighted by Crippen LogP contribution is 2.16. The van der Waals surface area contributed by atoms with Gasteiger partial charge in [0, 0.05) is 13.2 Å². The van der Waals surface area contributed by atoms with Crippen LogP contribution in [0.15, 0.2) is 30.3 Å². The van der Waals surface area contributed by atoms with Crippen LogP contribution in [0.1, 0.15) is 25.0 Å². The SMILES string of the molecule is CC(OCCCNC(=O)CN1CSCC1=O)c1ccccc1. The van der Waals surface area contributed by atoms with Crippen LogP contribution in [0.5, 0.6) is 0 Å². The van der Waals surface area contributed by atoms with Gasteiger partial charge in [0.1, 0.15) is 6.54 Å². The summed E-state index contributed by atoms with van der Waals surface area (Å²) in [7, 11) is 0. The normalized spacial score (nSPS) is 15.9. The largest absolute Gasteiger partial charge is 0.374 e. The predicted molar refractivity (Wildman–Crippen MR) is 87.5 cm³/mol. The summed E-state index contributed by atoms with van der Waals surface area (Å²) in [5.74, 6) is 1.04. The molecule has 0 saturated carbocycles. The number of carbonyl (C=O) groups excluding carboxylic acids is 2. The molecule has 1 aliphatic rings. The monoisotopic (exact) mass is 322 g/mol. The number of benzene rings is 1. The molecule has 0 spiro atoms. The van der Waals surface area contributed by atoms with Gasteiger partial charge in [-0.05, 0) is 18.9 Å². The average Bonchev–Trinajstić information content (AvgIpc) is 2.92. The first-order valence-corrected chi connectivity index (χ1v) is 8.61. The third kappa shape index (κ3) is 5.35. The number of carbonyl (C=O) groups is 2. The topological polar surface area (TPSA) is 58.6 Å². The second-order valence-corrected chi connectivity index (χ2v) is 6.15. The van der Waals surface area contributed by atoms with Crippen molar-refractivity contribution in [2.75, 3.05) is 31.3 Å². The maximum absolute atomic E-state index is 11.7. The average molecular weight is 322 g/mol. The van der Waals surface area contributed by atoms with Crippen molar-refractivity contribution in [3.05, 3.63) is 35.9 Å². The molecular weight excluding hydrogens is 300 g/mol. The van der Waals surface area contributed by atoms with Crippen molar-refractivity contribution in [1.82, 2.24) is 10.2 Å². The lowest BCUT2D eigenvalue weighted by Crippen LogP contribution is -2.38. The lowest BCUT2D eigenvalue weighted by Gasteiger charge is -2.15. The van der Waals surface area contributed by atoms with E-state index >= 15 is 0 Å². The van der Waals surface area contributed by atoms with Gasteiger partial charge < -0.3 is 15.0 Å². The van der Waals surface area contributed by atoms with Crippen LogP contribution < -0.4 is 5.32 Å². The van der Waals surface area contributed by atoms with Gasteiger partial charge in [0.2, 0.25) is 11.8 Å². The summed E-state index contributed by atoms with van der Waals surface area (Å²) >= 11 is 1.54. The van der Waals surface area contributed by atoms with Gasteiger partial charge in [-0.25, -0.2) is 0 Å². The van der Waals surface area contributed by atoms with Crippen molar-refractivity contribution in [3.63, 3.8) is 0 Å². The Kier molecular flexibility index (Phi) is 6.74. The summed E-state index contributed by atoms with van der Waals surface area (Å²) in [6.45, 7) is 3.34. The van der Waals surface area contributed by atoms with Gasteiger partial charge in [-0.3, -0.25) is 9.59 Å². The second kappa shape index (κ2) is 8.80. The summed E-state index contributed by atoms with van der Waals surface area (Å²) < 4.78 is 5.74. The third-order valence-corrected chi connectivity index (χ3v) is 4.39. The van der Waals surface area contributed by atoms with Crippen molar-refractivity contribution in [1.29, 1.82) is 0 Å².